The van der Waals surface area contributed by atoms with E-state index in [1.807, 2.05) is 0 Å². The SMILES string of the molecule is CCCS(=O)(=O)c1cc(F)c(N2CCN(C(=O)c3cc(S(C)(=O)=O)ccc3OC(C)(C)C)CC2)cc1F. The summed E-state index contributed by atoms with van der Waals surface area (Å²) in [5, 5.41) is 0. The van der Waals surface area contributed by atoms with Crippen LogP contribution in [0.1, 0.15) is 44.5 Å². The topological polar surface area (TPSA) is 101 Å². The third-order valence-corrected chi connectivity index (χ3v) is 8.78. The van der Waals surface area contributed by atoms with Crippen LogP contribution in [0.5, 0.6) is 5.75 Å². The molecule has 2 aromatic carbocycles. The van der Waals surface area contributed by atoms with E-state index in [0.717, 1.165) is 12.3 Å². The molecule has 0 bridgehead atoms. The van der Waals surface area contributed by atoms with Crippen LogP contribution in [0.25, 0.3) is 0 Å². The first-order chi connectivity index (χ1) is 17.0. The lowest BCUT2D eigenvalue weighted by molar-refractivity contribution is 0.0730. The van der Waals surface area contributed by atoms with E-state index in [1.54, 1.807) is 27.7 Å². The lowest BCUT2D eigenvalue weighted by Gasteiger charge is -2.36. The number of benzene rings is 2. The maximum atomic E-state index is 14.8. The van der Waals surface area contributed by atoms with Gasteiger partial charge in [0.1, 0.15) is 27.9 Å². The minimum atomic E-state index is -3.93. The summed E-state index contributed by atoms with van der Waals surface area (Å²) < 4.78 is 84.0. The summed E-state index contributed by atoms with van der Waals surface area (Å²) in [5.74, 6) is -2.38. The second-order valence-electron chi connectivity index (χ2n) is 9.98. The molecule has 12 heteroatoms. The zero-order valence-electron chi connectivity index (χ0n) is 21.5. The second-order valence-corrected chi connectivity index (χ2v) is 14.1. The Labute approximate surface area is 217 Å². The third-order valence-electron chi connectivity index (χ3n) is 5.74. The molecule has 37 heavy (non-hydrogen) atoms. The molecule has 1 aliphatic rings. The zero-order valence-corrected chi connectivity index (χ0v) is 23.2. The summed E-state index contributed by atoms with van der Waals surface area (Å²) in [4.78, 5) is 15.7. The van der Waals surface area contributed by atoms with Crippen LogP contribution in [-0.2, 0) is 19.7 Å². The molecule has 0 aromatic heterocycles. The number of anilines is 1. The van der Waals surface area contributed by atoms with Crippen LogP contribution in [0.4, 0.5) is 14.5 Å². The largest absolute Gasteiger partial charge is 0.487 e. The standard InChI is InChI=1S/C25H32F2N2O6S2/c1-6-13-37(33,34)23-16-19(26)21(15-20(23)27)28-9-11-29(12-10-28)24(30)18-14-17(36(5,31)32)7-8-22(18)35-25(2,3)4/h7-8,14-16H,6,9-13H2,1-5H3. The molecule has 204 valence electrons. The summed E-state index contributed by atoms with van der Waals surface area (Å²) in [6.45, 7) is 7.65. The van der Waals surface area contributed by atoms with Gasteiger partial charge in [0, 0.05) is 38.5 Å². The number of carbonyl (C=O) groups excluding carboxylic acids is 1. The summed E-state index contributed by atoms with van der Waals surface area (Å²) in [7, 11) is -7.51. The molecule has 0 radical (unpaired) electrons. The molecule has 1 heterocycles. The molecule has 1 saturated heterocycles. The van der Waals surface area contributed by atoms with Gasteiger partial charge in [0.15, 0.2) is 19.7 Å². The van der Waals surface area contributed by atoms with Crippen LogP contribution in [0.15, 0.2) is 40.1 Å². The van der Waals surface area contributed by atoms with Crippen LogP contribution in [0.2, 0.25) is 0 Å². The van der Waals surface area contributed by atoms with Crippen molar-refractivity contribution in [1.82, 2.24) is 4.90 Å². The number of amides is 1. The van der Waals surface area contributed by atoms with Crippen molar-refractivity contribution in [3.8, 4) is 5.75 Å². The minimum Gasteiger partial charge on any atom is -0.487 e. The molecular weight excluding hydrogens is 526 g/mol. The molecule has 0 atom stereocenters. The molecule has 1 fully saturated rings. The fourth-order valence-corrected chi connectivity index (χ4v) is 6.07. The van der Waals surface area contributed by atoms with Gasteiger partial charge in [-0.1, -0.05) is 6.92 Å². The first-order valence-corrected chi connectivity index (χ1v) is 15.4. The van der Waals surface area contributed by atoms with E-state index in [1.165, 1.54) is 28.0 Å². The smallest absolute Gasteiger partial charge is 0.257 e. The molecule has 1 aliphatic heterocycles. The van der Waals surface area contributed by atoms with Gasteiger partial charge in [-0.3, -0.25) is 4.79 Å². The monoisotopic (exact) mass is 558 g/mol. The Bertz CT molecular complexity index is 1390. The summed E-state index contributed by atoms with van der Waals surface area (Å²) in [6.07, 6.45) is 1.32. The Hall–Kier alpha value is -2.73. The number of piperazine rings is 1. The van der Waals surface area contributed by atoms with Crippen LogP contribution in [0.3, 0.4) is 0 Å². The minimum absolute atomic E-state index is 0.0218. The highest BCUT2D eigenvalue weighted by atomic mass is 32.2. The second kappa shape index (κ2) is 10.6. The van der Waals surface area contributed by atoms with E-state index in [4.69, 9.17) is 4.74 Å². The van der Waals surface area contributed by atoms with Crippen LogP contribution >= 0.6 is 0 Å². The van der Waals surface area contributed by atoms with Crippen LogP contribution < -0.4 is 9.64 Å². The van der Waals surface area contributed by atoms with Gasteiger partial charge in [-0.05, 0) is 51.5 Å². The number of rotatable bonds is 7. The summed E-state index contributed by atoms with van der Waals surface area (Å²) >= 11 is 0. The molecular formula is C25H32F2N2O6S2. The van der Waals surface area contributed by atoms with Crippen molar-refractivity contribution >= 4 is 31.3 Å². The Morgan fingerprint density at radius 1 is 0.973 bits per heavy atom. The predicted octanol–water partition coefficient (Wildman–Crippen LogP) is 3.69. The fourth-order valence-electron chi connectivity index (χ4n) is 4.02. The molecule has 0 aliphatic carbocycles. The molecule has 0 unspecified atom stereocenters. The number of halogens is 2. The number of ether oxygens (including phenoxy) is 1. The molecule has 3 rings (SSSR count). The Morgan fingerprint density at radius 3 is 2.14 bits per heavy atom. The Morgan fingerprint density at radius 2 is 1.59 bits per heavy atom. The molecule has 1 amide bonds. The maximum absolute atomic E-state index is 14.8. The number of nitrogens with zero attached hydrogens (tertiary/aromatic N) is 2. The van der Waals surface area contributed by atoms with Gasteiger partial charge in [0.25, 0.3) is 5.91 Å². The summed E-state index contributed by atoms with van der Waals surface area (Å²) in [5.41, 5.74) is -0.636. The van der Waals surface area contributed by atoms with Gasteiger partial charge in [0.2, 0.25) is 0 Å². The first kappa shape index (κ1) is 28.8. The third kappa shape index (κ3) is 6.78. The van der Waals surface area contributed by atoms with Crippen molar-refractivity contribution in [2.24, 2.45) is 0 Å². The van der Waals surface area contributed by atoms with E-state index in [0.29, 0.717) is 6.07 Å². The average molecular weight is 559 g/mol. The molecule has 0 N–H and O–H groups in total. The highest BCUT2D eigenvalue weighted by Gasteiger charge is 2.29. The van der Waals surface area contributed by atoms with Gasteiger partial charge < -0.3 is 14.5 Å². The van der Waals surface area contributed by atoms with Crippen LogP contribution in [-0.4, -0.2) is 71.4 Å². The molecule has 0 saturated carbocycles. The Balaban J connectivity index is 1.84. The number of sulfone groups is 2. The van der Waals surface area contributed by atoms with Gasteiger partial charge in [0.05, 0.1) is 21.9 Å². The van der Waals surface area contributed by atoms with Gasteiger partial charge in [-0.25, -0.2) is 25.6 Å². The highest BCUT2D eigenvalue weighted by Crippen LogP contribution is 2.30. The van der Waals surface area contributed by atoms with Crippen molar-refractivity contribution in [1.29, 1.82) is 0 Å². The Kier molecular flexibility index (Phi) is 8.23. The van der Waals surface area contributed by atoms with Gasteiger partial charge in [-0.2, -0.15) is 0 Å². The van der Waals surface area contributed by atoms with Crippen molar-refractivity contribution in [3.05, 3.63) is 47.5 Å². The average Bonchev–Trinajstić information content (AvgIpc) is 2.78. The van der Waals surface area contributed by atoms with E-state index in [9.17, 15) is 30.4 Å². The fraction of sp³-hybridized carbons (Fsp3) is 0.480. The highest BCUT2D eigenvalue weighted by molar-refractivity contribution is 7.91. The summed E-state index contributed by atoms with van der Waals surface area (Å²) in [6, 6.07) is 5.71. The number of hydrogen-bond donors (Lipinski definition) is 0. The maximum Gasteiger partial charge on any atom is 0.257 e. The number of carbonyl (C=O) groups is 1. The zero-order chi connectivity index (χ0) is 27.8. The van der Waals surface area contributed by atoms with E-state index < -0.39 is 47.7 Å². The van der Waals surface area contributed by atoms with Crippen molar-refractivity contribution in [2.45, 2.75) is 49.5 Å². The normalized spacial score (nSPS) is 15.1. The lowest BCUT2D eigenvalue weighted by atomic mass is 10.1. The van der Waals surface area contributed by atoms with Crippen molar-refractivity contribution in [2.75, 3.05) is 43.1 Å². The molecule has 8 nitrogen and oxygen atoms in total. The van der Waals surface area contributed by atoms with Crippen molar-refractivity contribution < 1.29 is 35.1 Å². The van der Waals surface area contributed by atoms with E-state index in [-0.39, 0.29) is 60.2 Å². The van der Waals surface area contributed by atoms with Crippen LogP contribution in [0, 0.1) is 11.6 Å². The lowest BCUT2D eigenvalue weighted by Crippen LogP contribution is -2.49. The van der Waals surface area contributed by atoms with Gasteiger partial charge >= 0.3 is 0 Å². The first-order valence-electron chi connectivity index (χ1n) is 11.8. The van der Waals surface area contributed by atoms with E-state index >= 15 is 0 Å². The van der Waals surface area contributed by atoms with E-state index in [2.05, 4.69) is 0 Å². The number of hydrogen-bond acceptors (Lipinski definition) is 7. The molecule has 0 spiro atoms. The molecule has 2 aromatic rings. The predicted molar refractivity (Wildman–Crippen MR) is 137 cm³/mol. The van der Waals surface area contributed by atoms with Gasteiger partial charge in [-0.15, -0.1) is 0 Å². The quantitative estimate of drug-likeness (QED) is 0.511. The van der Waals surface area contributed by atoms with Crippen molar-refractivity contribution in [3.63, 3.8) is 0 Å².